The van der Waals surface area contributed by atoms with E-state index in [2.05, 4.69) is 36.6 Å². The molecule has 4 N–H and O–H groups in total. The minimum Gasteiger partial charge on any atom is -0.480 e. The largest absolute Gasteiger partial charge is 0.480 e. The Morgan fingerprint density at radius 3 is 1.39 bits per heavy atom. The number of aliphatic hydroxyl groups excluding tert-OH is 1. The van der Waals surface area contributed by atoms with Crippen LogP contribution in [0.15, 0.2) is 12.2 Å². The van der Waals surface area contributed by atoms with Gasteiger partial charge in [0.05, 0.1) is 13.2 Å². The highest BCUT2D eigenvalue weighted by Gasteiger charge is 2.19. The van der Waals surface area contributed by atoms with Gasteiger partial charge in [0.2, 0.25) is 11.8 Å². The Hall–Kier alpha value is -2.42. The highest BCUT2D eigenvalue weighted by molar-refractivity contribution is 5.87. The van der Waals surface area contributed by atoms with Gasteiger partial charge < -0.3 is 25.6 Å². The molecule has 0 rings (SSSR count). The Bertz CT molecular complexity index is 926. The molecule has 0 spiro atoms. The number of rotatable bonds is 41. The first-order chi connectivity index (χ1) is 26.3. The van der Waals surface area contributed by atoms with Crippen molar-refractivity contribution in [1.29, 1.82) is 0 Å². The van der Waals surface area contributed by atoms with E-state index in [0.717, 1.165) is 57.8 Å². The molecule has 2 unspecified atom stereocenters. The van der Waals surface area contributed by atoms with Gasteiger partial charge in [0.1, 0.15) is 12.1 Å². The minimum absolute atomic E-state index is 0.0114. The van der Waals surface area contributed by atoms with Crippen molar-refractivity contribution < 1.29 is 34.1 Å². The van der Waals surface area contributed by atoms with Gasteiger partial charge >= 0.3 is 11.9 Å². The third-order valence-corrected chi connectivity index (χ3v) is 10.3. The van der Waals surface area contributed by atoms with E-state index in [-0.39, 0.29) is 24.5 Å². The average molecular weight is 765 g/mol. The number of carbonyl (C=O) groups is 4. The van der Waals surface area contributed by atoms with E-state index in [1.807, 2.05) is 0 Å². The number of aliphatic carboxylic acids is 1. The lowest BCUT2D eigenvalue weighted by Crippen LogP contribution is -2.47. The molecule has 0 aromatic carbocycles. The monoisotopic (exact) mass is 765 g/mol. The molecule has 9 heteroatoms. The molecule has 0 bridgehead atoms. The molecule has 0 saturated heterocycles. The number of carboxylic acid groups (broad SMARTS) is 1. The number of nitrogens with one attached hydrogen (secondary N) is 2. The van der Waals surface area contributed by atoms with Crippen molar-refractivity contribution >= 4 is 23.8 Å². The Labute approximate surface area is 331 Å². The number of hydrogen-bond donors (Lipinski definition) is 4. The fourth-order valence-corrected chi connectivity index (χ4v) is 6.77. The lowest BCUT2D eigenvalue weighted by Gasteiger charge is -2.18. The van der Waals surface area contributed by atoms with Crippen molar-refractivity contribution in [3.05, 3.63) is 12.2 Å². The molecule has 0 aromatic rings. The summed E-state index contributed by atoms with van der Waals surface area (Å²) in [5.74, 6) is -2.29. The van der Waals surface area contributed by atoms with Crippen LogP contribution in [0.25, 0.3) is 0 Å². The topological polar surface area (TPSA) is 142 Å². The molecule has 316 valence electrons. The predicted molar refractivity (Wildman–Crippen MR) is 222 cm³/mol. The molecular weight excluding hydrogens is 681 g/mol. The van der Waals surface area contributed by atoms with Gasteiger partial charge in [0.25, 0.3) is 0 Å². The second-order valence-corrected chi connectivity index (χ2v) is 15.5. The highest BCUT2D eigenvalue weighted by Crippen LogP contribution is 2.19. The van der Waals surface area contributed by atoms with Crippen LogP contribution in [0.1, 0.15) is 226 Å². The van der Waals surface area contributed by atoms with Gasteiger partial charge in [-0.05, 0) is 64.2 Å². The summed E-state index contributed by atoms with van der Waals surface area (Å²) < 4.78 is 6.03. The Morgan fingerprint density at radius 1 is 0.537 bits per heavy atom. The molecule has 0 aliphatic carbocycles. The fraction of sp³-hybridized carbons (Fsp3) is 0.867. The molecular formula is C45H84N2O7. The van der Waals surface area contributed by atoms with Crippen molar-refractivity contribution in [1.82, 2.24) is 10.6 Å². The predicted octanol–water partition coefficient (Wildman–Crippen LogP) is 11.0. The SMILES string of the molecule is CCCCCCCC/C=C\CCCCCCCC(=O)OC(CCCCCCCCCCCCC)CCCCCCCC(=O)NCC(=O)NC(CO)C(=O)O. The van der Waals surface area contributed by atoms with Gasteiger partial charge in [-0.15, -0.1) is 0 Å². The van der Waals surface area contributed by atoms with Crippen LogP contribution in [-0.4, -0.2) is 59.3 Å². The zero-order valence-corrected chi connectivity index (χ0v) is 35.0. The minimum atomic E-state index is -1.38. The Kier molecular flexibility index (Phi) is 38.4. The number of ether oxygens (including phenoxy) is 1. The van der Waals surface area contributed by atoms with Gasteiger partial charge in [0.15, 0.2) is 0 Å². The summed E-state index contributed by atoms with van der Waals surface area (Å²) in [6.45, 7) is 3.49. The number of carbonyl (C=O) groups excluding carboxylic acids is 3. The highest BCUT2D eigenvalue weighted by atomic mass is 16.5. The van der Waals surface area contributed by atoms with E-state index in [0.29, 0.717) is 19.3 Å². The number of carboxylic acids is 1. The fourth-order valence-electron chi connectivity index (χ4n) is 6.77. The van der Waals surface area contributed by atoms with Crippen LogP contribution >= 0.6 is 0 Å². The second-order valence-electron chi connectivity index (χ2n) is 15.5. The van der Waals surface area contributed by atoms with Crippen molar-refractivity contribution in [2.24, 2.45) is 0 Å². The molecule has 9 nitrogen and oxygen atoms in total. The molecule has 2 atom stereocenters. The van der Waals surface area contributed by atoms with Gasteiger partial charge in [-0.3, -0.25) is 14.4 Å². The lowest BCUT2D eigenvalue weighted by atomic mass is 10.0. The van der Waals surface area contributed by atoms with Crippen molar-refractivity contribution in [3.8, 4) is 0 Å². The second kappa shape index (κ2) is 40.2. The van der Waals surface area contributed by atoms with Crippen LogP contribution < -0.4 is 10.6 Å². The standard InChI is InChI=1S/C45H84N2O7/c1-3-5-7-9-11-13-15-16-17-18-20-22-24-29-33-37-44(51)54-40(34-30-26-23-21-19-14-12-10-8-6-4-2)35-31-27-25-28-32-36-42(49)46-38-43(50)47-41(39-48)45(52)53/h16-17,40-41,48H,3-15,18-39H2,1-2H3,(H,46,49)(H,47,50)(H,52,53)/b17-16-. The summed E-state index contributed by atoms with van der Waals surface area (Å²) >= 11 is 0. The zero-order chi connectivity index (χ0) is 39.7. The first kappa shape index (κ1) is 51.6. The van der Waals surface area contributed by atoms with E-state index in [9.17, 15) is 19.2 Å². The van der Waals surface area contributed by atoms with Crippen molar-refractivity contribution in [2.45, 2.75) is 238 Å². The Morgan fingerprint density at radius 2 is 0.944 bits per heavy atom. The average Bonchev–Trinajstić information content (AvgIpc) is 3.15. The quantitative estimate of drug-likeness (QED) is 0.0276. The number of allylic oxidation sites excluding steroid dienone is 2. The summed E-state index contributed by atoms with van der Waals surface area (Å²) in [5, 5.41) is 22.6. The summed E-state index contributed by atoms with van der Waals surface area (Å²) in [7, 11) is 0. The van der Waals surface area contributed by atoms with E-state index in [1.54, 1.807) is 0 Å². The molecule has 0 saturated carbocycles. The van der Waals surface area contributed by atoms with Crippen molar-refractivity contribution in [2.75, 3.05) is 13.2 Å². The van der Waals surface area contributed by atoms with Crippen LogP contribution in [0.4, 0.5) is 0 Å². The molecule has 0 aliphatic heterocycles. The Balaban J connectivity index is 4.28. The number of esters is 1. The van der Waals surface area contributed by atoms with Crippen LogP contribution in [-0.2, 0) is 23.9 Å². The lowest BCUT2D eigenvalue weighted by molar-refractivity contribution is -0.150. The normalized spacial score (nSPS) is 12.5. The van der Waals surface area contributed by atoms with Gasteiger partial charge in [-0.2, -0.15) is 0 Å². The third kappa shape index (κ3) is 36.6. The van der Waals surface area contributed by atoms with Crippen LogP contribution in [0, 0.1) is 0 Å². The molecule has 0 aliphatic rings. The van der Waals surface area contributed by atoms with E-state index in [4.69, 9.17) is 14.9 Å². The smallest absolute Gasteiger partial charge is 0.328 e. The summed E-state index contributed by atoms with van der Waals surface area (Å²) in [6, 6.07) is -1.38. The molecule has 0 fully saturated rings. The number of amides is 2. The van der Waals surface area contributed by atoms with E-state index in [1.165, 1.54) is 135 Å². The zero-order valence-electron chi connectivity index (χ0n) is 35.0. The van der Waals surface area contributed by atoms with E-state index < -0.39 is 24.5 Å². The van der Waals surface area contributed by atoms with Crippen LogP contribution in [0.3, 0.4) is 0 Å². The van der Waals surface area contributed by atoms with Gasteiger partial charge in [0, 0.05) is 12.8 Å². The van der Waals surface area contributed by atoms with Crippen LogP contribution in [0.2, 0.25) is 0 Å². The summed E-state index contributed by atoms with van der Waals surface area (Å²) in [6.07, 6.45) is 42.3. The maximum Gasteiger partial charge on any atom is 0.328 e. The molecule has 54 heavy (non-hydrogen) atoms. The molecule has 0 aromatic heterocycles. The first-order valence-electron chi connectivity index (χ1n) is 22.6. The van der Waals surface area contributed by atoms with E-state index >= 15 is 0 Å². The van der Waals surface area contributed by atoms with Gasteiger partial charge in [-0.25, -0.2) is 4.79 Å². The number of unbranched alkanes of at least 4 members (excludes halogenated alkanes) is 25. The van der Waals surface area contributed by atoms with Crippen LogP contribution in [0.5, 0.6) is 0 Å². The maximum absolute atomic E-state index is 12.8. The number of hydrogen-bond acceptors (Lipinski definition) is 6. The summed E-state index contributed by atoms with van der Waals surface area (Å²) in [5.41, 5.74) is 0. The molecule has 0 heterocycles. The molecule has 0 radical (unpaired) electrons. The summed E-state index contributed by atoms with van der Waals surface area (Å²) in [4.78, 5) is 47.6. The first-order valence-corrected chi connectivity index (χ1v) is 22.6. The number of aliphatic hydroxyl groups is 1. The third-order valence-electron chi connectivity index (χ3n) is 10.3. The molecule has 2 amide bonds. The maximum atomic E-state index is 12.8. The van der Waals surface area contributed by atoms with Crippen molar-refractivity contribution in [3.63, 3.8) is 0 Å². The van der Waals surface area contributed by atoms with Gasteiger partial charge in [-0.1, -0.05) is 161 Å².